The van der Waals surface area contributed by atoms with E-state index in [1.165, 1.54) is 0 Å². The van der Waals surface area contributed by atoms with Gasteiger partial charge < -0.3 is 15.6 Å². The third-order valence-corrected chi connectivity index (χ3v) is 3.35. The summed E-state index contributed by atoms with van der Waals surface area (Å²) >= 11 is 0. The Balaban J connectivity index is 2.89. The number of hydrogen-bond donors (Lipinski definition) is 2. The lowest BCUT2D eigenvalue weighted by atomic mass is 10.0. The highest BCUT2D eigenvalue weighted by atomic mass is 16.5. The number of nitrogens with zero attached hydrogens (tertiary/aromatic N) is 1. The van der Waals surface area contributed by atoms with E-state index in [-0.39, 0.29) is 17.4 Å². The maximum atomic E-state index is 11.4. The monoisotopic (exact) mass is 288 g/mol. The fourth-order valence-corrected chi connectivity index (χ4v) is 2.44. The van der Waals surface area contributed by atoms with Gasteiger partial charge in [-0.1, -0.05) is 13.0 Å². The summed E-state index contributed by atoms with van der Waals surface area (Å²) in [5, 5.41) is 9.93. The van der Waals surface area contributed by atoms with Crippen molar-refractivity contribution in [2.75, 3.05) is 5.73 Å². The first-order valence-electron chi connectivity index (χ1n) is 6.98. The number of fused-ring (bicyclic) bond motifs is 1. The molecule has 0 aliphatic heterocycles. The SMILES string of the molecule is CCc1ccc2nc(C)c(C(=O)O)c(N)c2c1OC(C)C. The van der Waals surface area contributed by atoms with Crippen molar-refractivity contribution in [1.82, 2.24) is 4.98 Å². The largest absolute Gasteiger partial charge is 0.490 e. The Hall–Kier alpha value is -2.30. The molecule has 0 aliphatic rings. The second-order valence-electron chi connectivity index (χ2n) is 5.26. The van der Waals surface area contributed by atoms with E-state index in [0.29, 0.717) is 22.3 Å². The number of pyridine rings is 1. The van der Waals surface area contributed by atoms with E-state index in [0.717, 1.165) is 12.0 Å². The average Bonchev–Trinajstić information content (AvgIpc) is 2.37. The standard InChI is InChI=1S/C16H20N2O3/c1-5-10-6-7-11-13(15(10)21-8(2)3)14(17)12(16(19)20)9(4)18-11/h6-8H,5H2,1-4H3,(H2,17,18)(H,19,20). The molecule has 3 N–H and O–H groups in total. The smallest absolute Gasteiger partial charge is 0.339 e. The van der Waals surface area contributed by atoms with Gasteiger partial charge in [0, 0.05) is 0 Å². The number of aryl methyl sites for hydroxylation is 2. The number of aromatic nitrogens is 1. The van der Waals surface area contributed by atoms with Gasteiger partial charge in [0.25, 0.3) is 0 Å². The number of hydrogen-bond acceptors (Lipinski definition) is 4. The molecule has 0 saturated heterocycles. The van der Waals surface area contributed by atoms with Crippen LogP contribution in [-0.2, 0) is 6.42 Å². The molecule has 0 amide bonds. The van der Waals surface area contributed by atoms with E-state index in [1.54, 1.807) is 6.92 Å². The molecule has 5 nitrogen and oxygen atoms in total. The molecular weight excluding hydrogens is 268 g/mol. The van der Waals surface area contributed by atoms with Crippen molar-refractivity contribution in [1.29, 1.82) is 0 Å². The Morgan fingerprint density at radius 2 is 2.10 bits per heavy atom. The molecule has 0 aliphatic carbocycles. The molecule has 1 aromatic carbocycles. The number of carbonyl (C=O) groups is 1. The maximum Gasteiger partial charge on any atom is 0.339 e. The zero-order chi connectivity index (χ0) is 15.7. The summed E-state index contributed by atoms with van der Waals surface area (Å²) in [6, 6.07) is 3.81. The zero-order valence-electron chi connectivity index (χ0n) is 12.7. The number of carboxylic acid groups (broad SMARTS) is 1. The van der Waals surface area contributed by atoms with Crippen molar-refractivity contribution >= 4 is 22.6 Å². The Kier molecular flexibility index (Phi) is 4.02. The number of benzene rings is 1. The normalized spacial score (nSPS) is 11.1. The van der Waals surface area contributed by atoms with Crippen molar-refractivity contribution in [3.63, 3.8) is 0 Å². The number of ether oxygens (including phenoxy) is 1. The van der Waals surface area contributed by atoms with E-state index >= 15 is 0 Å². The summed E-state index contributed by atoms with van der Waals surface area (Å²) in [5.74, 6) is -0.436. The molecule has 0 fully saturated rings. The topological polar surface area (TPSA) is 85.4 Å². The minimum absolute atomic E-state index is 0.0325. The first-order chi connectivity index (χ1) is 9.86. The van der Waals surface area contributed by atoms with E-state index in [9.17, 15) is 9.90 Å². The maximum absolute atomic E-state index is 11.4. The molecule has 2 rings (SSSR count). The molecule has 1 aromatic heterocycles. The molecule has 1 heterocycles. The van der Waals surface area contributed by atoms with Crippen molar-refractivity contribution in [3.05, 3.63) is 29.0 Å². The van der Waals surface area contributed by atoms with Crippen molar-refractivity contribution in [2.45, 2.75) is 40.2 Å². The second kappa shape index (κ2) is 5.60. The number of carboxylic acids is 1. The van der Waals surface area contributed by atoms with Gasteiger partial charge in [-0.05, 0) is 38.8 Å². The van der Waals surface area contributed by atoms with E-state index < -0.39 is 5.97 Å². The number of rotatable bonds is 4. The van der Waals surface area contributed by atoms with Gasteiger partial charge in [-0.2, -0.15) is 0 Å². The molecular formula is C16H20N2O3. The summed E-state index contributed by atoms with van der Waals surface area (Å²) in [4.78, 5) is 15.8. The molecule has 112 valence electrons. The molecule has 0 atom stereocenters. The second-order valence-corrected chi connectivity index (χ2v) is 5.26. The molecule has 2 aromatic rings. The van der Waals surface area contributed by atoms with Gasteiger partial charge in [-0.25, -0.2) is 4.79 Å². The zero-order valence-corrected chi connectivity index (χ0v) is 12.7. The van der Waals surface area contributed by atoms with E-state index in [4.69, 9.17) is 10.5 Å². The lowest BCUT2D eigenvalue weighted by Crippen LogP contribution is -2.12. The molecule has 0 spiro atoms. The van der Waals surface area contributed by atoms with Crippen LogP contribution < -0.4 is 10.5 Å². The van der Waals surface area contributed by atoms with Crippen LogP contribution in [0.5, 0.6) is 5.75 Å². The van der Waals surface area contributed by atoms with Gasteiger partial charge in [0.15, 0.2) is 0 Å². The highest BCUT2D eigenvalue weighted by Crippen LogP contribution is 2.37. The molecule has 21 heavy (non-hydrogen) atoms. The number of nitrogens with two attached hydrogens (primary N) is 1. The van der Waals surface area contributed by atoms with Crippen LogP contribution in [0.15, 0.2) is 12.1 Å². The minimum atomic E-state index is -1.07. The number of aromatic carboxylic acids is 1. The summed E-state index contributed by atoms with van der Waals surface area (Å²) < 4.78 is 5.89. The molecule has 0 bridgehead atoms. The first-order valence-corrected chi connectivity index (χ1v) is 6.98. The fourth-order valence-electron chi connectivity index (χ4n) is 2.44. The van der Waals surface area contributed by atoms with Crippen molar-refractivity contribution in [3.8, 4) is 5.75 Å². The summed E-state index contributed by atoms with van der Waals surface area (Å²) in [6.45, 7) is 7.52. The minimum Gasteiger partial charge on any atom is -0.490 e. The molecule has 5 heteroatoms. The third kappa shape index (κ3) is 2.63. The van der Waals surface area contributed by atoms with Gasteiger partial charge in [-0.3, -0.25) is 4.98 Å². The lowest BCUT2D eigenvalue weighted by molar-refractivity contribution is 0.0697. The van der Waals surface area contributed by atoms with Crippen LogP contribution in [-0.4, -0.2) is 22.2 Å². The lowest BCUT2D eigenvalue weighted by Gasteiger charge is -2.18. The number of anilines is 1. The van der Waals surface area contributed by atoms with Gasteiger partial charge in [0.2, 0.25) is 0 Å². The third-order valence-electron chi connectivity index (χ3n) is 3.35. The van der Waals surface area contributed by atoms with Crippen LogP contribution in [0.3, 0.4) is 0 Å². The van der Waals surface area contributed by atoms with Crippen LogP contribution >= 0.6 is 0 Å². The average molecular weight is 288 g/mol. The summed E-state index contributed by atoms with van der Waals surface area (Å²) in [5.41, 5.74) is 8.44. The van der Waals surface area contributed by atoms with E-state index in [2.05, 4.69) is 4.98 Å². The van der Waals surface area contributed by atoms with Crippen molar-refractivity contribution in [2.24, 2.45) is 0 Å². The molecule has 0 saturated carbocycles. The highest BCUT2D eigenvalue weighted by Gasteiger charge is 2.21. The van der Waals surface area contributed by atoms with Gasteiger partial charge in [-0.15, -0.1) is 0 Å². The number of nitrogen functional groups attached to an aromatic ring is 1. The Morgan fingerprint density at radius 3 is 2.62 bits per heavy atom. The summed E-state index contributed by atoms with van der Waals surface area (Å²) in [6.07, 6.45) is 0.739. The Morgan fingerprint density at radius 1 is 1.43 bits per heavy atom. The van der Waals surface area contributed by atoms with Gasteiger partial charge >= 0.3 is 5.97 Å². The van der Waals surface area contributed by atoms with Crippen LogP contribution in [0.1, 0.15) is 42.4 Å². The van der Waals surface area contributed by atoms with Crippen LogP contribution in [0.2, 0.25) is 0 Å². The quantitative estimate of drug-likeness (QED) is 0.902. The molecule has 0 unspecified atom stereocenters. The first kappa shape index (κ1) is 15.1. The summed E-state index contributed by atoms with van der Waals surface area (Å²) in [7, 11) is 0. The fraction of sp³-hybridized carbons (Fsp3) is 0.375. The van der Waals surface area contributed by atoms with Crippen molar-refractivity contribution < 1.29 is 14.6 Å². The highest BCUT2D eigenvalue weighted by molar-refractivity contribution is 6.07. The van der Waals surface area contributed by atoms with Crippen LogP contribution in [0, 0.1) is 6.92 Å². The van der Waals surface area contributed by atoms with Gasteiger partial charge in [0.1, 0.15) is 11.3 Å². The predicted octanol–water partition coefficient (Wildman–Crippen LogP) is 3.17. The Labute approximate surface area is 123 Å². The van der Waals surface area contributed by atoms with Gasteiger partial charge in [0.05, 0.1) is 28.4 Å². The Bertz CT molecular complexity index is 708. The van der Waals surface area contributed by atoms with E-state index in [1.807, 2.05) is 32.9 Å². The predicted molar refractivity (Wildman–Crippen MR) is 83.0 cm³/mol. The van der Waals surface area contributed by atoms with Crippen LogP contribution in [0.25, 0.3) is 10.9 Å². The molecule has 0 radical (unpaired) electrons. The van der Waals surface area contributed by atoms with Crippen LogP contribution in [0.4, 0.5) is 5.69 Å².